The first-order chi connectivity index (χ1) is 10.7. The smallest absolute Gasteiger partial charge is 0.227 e. The lowest BCUT2D eigenvalue weighted by atomic mass is 10.1. The normalized spacial score (nSPS) is 10.4. The van der Waals surface area contributed by atoms with Crippen LogP contribution in [0.4, 0.5) is 0 Å². The van der Waals surface area contributed by atoms with Gasteiger partial charge < -0.3 is 0 Å². The second kappa shape index (κ2) is 6.62. The van der Waals surface area contributed by atoms with Crippen molar-refractivity contribution in [3.8, 4) is 11.3 Å². The van der Waals surface area contributed by atoms with Crippen molar-refractivity contribution in [2.24, 2.45) is 0 Å². The molecule has 0 aliphatic heterocycles. The van der Waals surface area contributed by atoms with Gasteiger partial charge in [0.1, 0.15) is 0 Å². The van der Waals surface area contributed by atoms with Gasteiger partial charge in [-0.25, -0.2) is 0 Å². The third-order valence-corrected chi connectivity index (χ3v) is 3.93. The molecule has 3 rings (SSSR count). The predicted molar refractivity (Wildman–Crippen MR) is 88.3 cm³/mol. The van der Waals surface area contributed by atoms with Gasteiger partial charge in [-0.2, -0.15) is 4.57 Å². The molecule has 2 aromatic heterocycles. The molecule has 0 N–H and O–H groups in total. The van der Waals surface area contributed by atoms with Gasteiger partial charge in [0.2, 0.25) is 18.0 Å². The van der Waals surface area contributed by atoms with E-state index >= 15 is 0 Å². The van der Waals surface area contributed by atoms with Crippen molar-refractivity contribution in [2.45, 2.75) is 6.54 Å². The summed E-state index contributed by atoms with van der Waals surface area (Å²) in [5.74, 6) is 0.0824. The minimum absolute atomic E-state index is 0.0824. The number of hydrogen-bond donors (Lipinski definition) is 0. The van der Waals surface area contributed by atoms with Gasteiger partial charge in [-0.05, 0) is 30.3 Å². The van der Waals surface area contributed by atoms with E-state index in [-0.39, 0.29) is 5.78 Å². The fraction of sp³-hybridized carbons (Fsp3) is 0.0556. The summed E-state index contributed by atoms with van der Waals surface area (Å²) < 4.78 is 2.92. The van der Waals surface area contributed by atoms with E-state index in [9.17, 15) is 4.79 Å². The zero-order valence-corrected chi connectivity index (χ0v) is 13.4. The van der Waals surface area contributed by atoms with Gasteiger partial charge in [-0.15, -0.1) is 0 Å². The fourth-order valence-corrected chi connectivity index (χ4v) is 2.55. The average Bonchev–Trinajstić information content (AvgIpc) is 2.57. The number of benzene rings is 1. The maximum Gasteiger partial charge on any atom is 0.227 e. The summed E-state index contributed by atoms with van der Waals surface area (Å²) in [6.45, 7) is 0.306. The number of carbonyl (C=O) groups excluding carboxylic acids is 1. The number of aromatic nitrogens is 2. The Morgan fingerprint density at radius 2 is 1.73 bits per heavy atom. The standard InChI is InChI=1S/C18H14BrN2O/c19-16-6-4-15(5-7-16)18(22)13-21-12-2-1-3-17(21)14-8-10-20-11-9-14/h1-12H,13H2/q+1. The summed E-state index contributed by atoms with van der Waals surface area (Å²) in [6.07, 6.45) is 5.43. The summed E-state index contributed by atoms with van der Waals surface area (Å²) in [5.41, 5.74) is 2.75. The molecule has 0 spiro atoms. The zero-order valence-electron chi connectivity index (χ0n) is 11.8. The molecule has 0 radical (unpaired) electrons. The van der Waals surface area contributed by atoms with Crippen LogP contribution in [0.15, 0.2) is 77.7 Å². The highest BCUT2D eigenvalue weighted by Gasteiger charge is 2.17. The molecular weight excluding hydrogens is 340 g/mol. The van der Waals surface area contributed by atoms with Gasteiger partial charge in [-0.1, -0.05) is 28.1 Å². The quantitative estimate of drug-likeness (QED) is 0.529. The Morgan fingerprint density at radius 3 is 2.45 bits per heavy atom. The molecule has 3 aromatic rings. The van der Waals surface area contributed by atoms with Gasteiger partial charge in [-0.3, -0.25) is 9.78 Å². The van der Waals surface area contributed by atoms with Crippen molar-refractivity contribution in [3.05, 3.63) is 83.2 Å². The Morgan fingerprint density at radius 1 is 1.00 bits per heavy atom. The summed E-state index contributed by atoms with van der Waals surface area (Å²) in [5, 5.41) is 0. The minimum atomic E-state index is 0.0824. The van der Waals surface area contributed by atoms with Crippen LogP contribution >= 0.6 is 15.9 Å². The molecule has 3 nitrogen and oxygen atoms in total. The summed E-state index contributed by atoms with van der Waals surface area (Å²) in [6, 6.07) is 17.2. The van der Waals surface area contributed by atoms with Gasteiger partial charge in [0.25, 0.3) is 0 Å². The van der Waals surface area contributed by atoms with Crippen molar-refractivity contribution >= 4 is 21.7 Å². The molecule has 1 aromatic carbocycles. The van der Waals surface area contributed by atoms with Crippen LogP contribution in [0.2, 0.25) is 0 Å². The second-order valence-electron chi connectivity index (χ2n) is 4.88. The van der Waals surface area contributed by atoms with E-state index in [1.54, 1.807) is 12.4 Å². The van der Waals surface area contributed by atoms with Crippen LogP contribution in [0.3, 0.4) is 0 Å². The largest absolute Gasteiger partial charge is 0.287 e. The molecule has 0 saturated carbocycles. The highest BCUT2D eigenvalue weighted by Crippen LogP contribution is 2.14. The van der Waals surface area contributed by atoms with E-state index in [1.807, 2.05) is 65.4 Å². The molecule has 0 saturated heterocycles. The highest BCUT2D eigenvalue weighted by molar-refractivity contribution is 9.10. The van der Waals surface area contributed by atoms with Crippen LogP contribution < -0.4 is 4.57 Å². The predicted octanol–water partition coefficient (Wildman–Crippen LogP) is 3.68. The molecule has 0 fully saturated rings. The van der Waals surface area contributed by atoms with Crippen molar-refractivity contribution in [1.82, 2.24) is 4.98 Å². The molecule has 0 bridgehead atoms. The lowest BCUT2D eigenvalue weighted by molar-refractivity contribution is -0.672. The molecule has 2 heterocycles. The molecule has 0 amide bonds. The fourth-order valence-electron chi connectivity index (χ4n) is 2.28. The molecule has 22 heavy (non-hydrogen) atoms. The van der Waals surface area contributed by atoms with E-state index in [0.717, 1.165) is 15.7 Å². The third kappa shape index (κ3) is 3.28. The summed E-state index contributed by atoms with van der Waals surface area (Å²) in [4.78, 5) is 16.5. The Kier molecular flexibility index (Phi) is 4.39. The number of ketones is 1. The summed E-state index contributed by atoms with van der Waals surface area (Å²) >= 11 is 3.38. The number of pyridine rings is 2. The molecule has 108 valence electrons. The number of carbonyl (C=O) groups is 1. The van der Waals surface area contributed by atoms with Crippen molar-refractivity contribution in [1.29, 1.82) is 0 Å². The third-order valence-electron chi connectivity index (χ3n) is 3.40. The highest BCUT2D eigenvalue weighted by atomic mass is 79.9. The number of nitrogens with zero attached hydrogens (tertiary/aromatic N) is 2. The maximum absolute atomic E-state index is 12.5. The maximum atomic E-state index is 12.5. The van der Waals surface area contributed by atoms with E-state index in [1.165, 1.54) is 0 Å². The van der Waals surface area contributed by atoms with Crippen LogP contribution in [0.5, 0.6) is 0 Å². The van der Waals surface area contributed by atoms with E-state index in [4.69, 9.17) is 0 Å². The lowest BCUT2D eigenvalue weighted by Gasteiger charge is -2.04. The Balaban J connectivity index is 1.90. The zero-order chi connectivity index (χ0) is 15.4. The van der Waals surface area contributed by atoms with Crippen LogP contribution in [0.25, 0.3) is 11.3 Å². The molecule has 0 aliphatic carbocycles. The van der Waals surface area contributed by atoms with Gasteiger partial charge in [0.15, 0.2) is 6.20 Å². The van der Waals surface area contributed by atoms with E-state index in [2.05, 4.69) is 20.9 Å². The van der Waals surface area contributed by atoms with Gasteiger partial charge >= 0.3 is 0 Å². The second-order valence-corrected chi connectivity index (χ2v) is 5.80. The minimum Gasteiger partial charge on any atom is -0.287 e. The SMILES string of the molecule is O=C(C[n+]1ccccc1-c1ccncc1)c1ccc(Br)cc1. The Bertz CT molecular complexity index is 786. The first kappa shape index (κ1) is 14.6. The van der Waals surface area contributed by atoms with Crippen LogP contribution in [0, 0.1) is 0 Å². The van der Waals surface area contributed by atoms with Crippen LogP contribution in [-0.4, -0.2) is 10.8 Å². The number of hydrogen-bond acceptors (Lipinski definition) is 2. The number of rotatable bonds is 4. The van der Waals surface area contributed by atoms with E-state index < -0.39 is 0 Å². The first-order valence-electron chi connectivity index (χ1n) is 6.92. The molecule has 0 unspecified atom stereocenters. The van der Waals surface area contributed by atoms with E-state index in [0.29, 0.717) is 12.1 Å². The van der Waals surface area contributed by atoms with Gasteiger partial charge in [0, 0.05) is 40.1 Å². The Labute approximate surface area is 137 Å². The van der Waals surface area contributed by atoms with Crippen LogP contribution in [0.1, 0.15) is 10.4 Å². The number of Topliss-reactive ketones (excluding diaryl/α,β-unsaturated/α-hetero) is 1. The molecule has 0 aliphatic rings. The number of halogens is 1. The van der Waals surface area contributed by atoms with Crippen molar-refractivity contribution < 1.29 is 9.36 Å². The van der Waals surface area contributed by atoms with Crippen molar-refractivity contribution in [3.63, 3.8) is 0 Å². The average molecular weight is 354 g/mol. The van der Waals surface area contributed by atoms with Gasteiger partial charge in [0.05, 0.1) is 0 Å². The van der Waals surface area contributed by atoms with Crippen molar-refractivity contribution in [2.75, 3.05) is 0 Å². The molecule has 4 heteroatoms. The topological polar surface area (TPSA) is 33.8 Å². The first-order valence-corrected chi connectivity index (χ1v) is 7.71. The van der Waals surface area contributed by atoms with Crippen LogP contribution in [-0.2, 0) is 6.54 Å². The molecular formula is C18H14BrN2O+. The monoisotopic (exact) mass is 353 g/mol. The Hall–Kier alpha value is -2.33. The summed E-state index contributed by atoms with van der Waals surface area (Å²) in [7, 11) is 0. The lowest BCUT2D eigenvalue weighted by Crippen LogP contribution is -2.39. The molecule has 0 atom stereocenters.